The van der Waals surface area contributed by atoms with Crippen molar-refractivity contribution in [1.82, 2.24) is 4.31 Å². The number of nitrogens with one attached hydrogen (secondary N) is 1. The Labute approximate surface area is 208 Å². The summed E-state index contributed by atoms with van der Waals surface area (Å²) in [6.45, 7) is 4.89. The van der Waals surface area contributed by atoms with Crippen molar-refractivity contribution in [2.24, 2.45) is 0 Å². The summed E-state index contributed by atoms with van der Waals surface area (Å²) in [5, 5.41) is 2.72. The predicted octanol–water partition coefficient (Wildman–Crippen LogP) is 3.28. The van der Waals surface area contributed by atoms with Crippen molar-refractivity contribution >= 4 is 37.3 Å². The third-order valence-corrected chi connectivity index (χ3v) is 8.90. The number of nitrogens with zero attached hydrogens (tertiary/aromatic N) is 2. The highest BCUT2D eigenvalue weighted by Gasteiger charge is 2.28. The monoisotopic (exact) mass is 523 g/mol. The van der Waals surface area contributed by atoms with Crippen LogP contribution >= 0.6 is 0 Å². The van der Waals surface area contributed by atoms with Crippen LogP contribution in [0, 0.1) is 13.8 Å². The zero-order valence-corrected chi connectivity index (χ0v) is 22.2. The van der Waals surface area contributed by atoms with E-state index in [0.717, 1.165) is 30.2 Å². The molecule has 0 atom stereocenters. The van der Waals surface area contributed by atoms with E-state index in [1.807, 2.05) is 19.9 Å². The van der Waals surface area contributed by atoms with Crippen LogP contribution < -0.4 is 14.4 Å². The summed E-state index contributed by atoms with van der Waals surface area (Å²) < 4.78 is 58.6. The summed E-state index contributed by atoms with van der Waals surface area (Å²) in [7, 11) is -5.75. The Bertz CT molecular complexity index is 1270. The second kappa shape index (κ2) is 11.0. The Balaban J connectivity index is 1.70. The largest absolute Gasteiger partial charge is 0.495 e. The van der Waals surface area contributed by atoms with E-state index in [9.17, 15) is 21.6 Å². The zero-order chi connectivity index (χ0) is 25.8. The number of ether oxygens (including phenoxy) is 1. The molecule has 0 saturated carbocycles. The SMILES string of the molecule is COc1ccc(S(=O)(=O)N2CCCC2)cc1NC(=O)CCCN(c1cc(C)cc(C)c1)S(C)(=O)=O. The third-order valence-electron chi connectivity index (χ3n) is 5.81. The molecular formula is C24H33N3O6S2. The highest BCUT2D eigenvalue weighted by atomic mass is 32.2. The van der Waals surface area contributed by atoms with Gasteiger partial charge in [0.05, 0.1) is 29.6 Å². The lowest BCUT2D eigenvalue weighted by Crippen LogP contribution is -2.31. The fraction of sp³-hybridized carbons (Fsp3) is 0.458. The number of hydrogen-bond donors (Lipinski definition) is 1. The van der Waals surface area contributed by atoms with Gasteiger partial charge >= 0.3 is 0 Å². The van der Waals surface area contributed by atoms with Crippen molar-refractivity contribution in [2.75, 3.05) is 42.6 Å². The molecule has 2 aromatic carbocycles. The molecule has 0 spiro atoms. The molecule has 1 heterocycles. The summed E-state index contributed by atoms with van der Waals surface area (Å²) in [6, 6.07) is 9.95. The van der Waals surface area contributed by atoms with Crippen LogP contribution in [-0.4, -0.2) is 60.0 Å². The Morgan fingerprint density at radius 3 is 2.23 bits per heavy atom. The second-order valence-corrected chi connectivity index (χ2v) is 12.7. The molecule has 1 aliphatic heterocycles. The van der Waals surface area contributed by atoms with Gasteiger partial charge in [-0.15, -0.1) is 0 Å². The summed E-state index contributed by atoms with van der Waals surface area (Å²) >= 11 is 0. The molecule has 3 rings (SSSR count). The van der Waals surface area contributed by atoms with E-state index < -0.39 is 20.0 Å². The van der Waals surface area contributed by atoms with Gasteiger partial charge in [-0.2, -0.15) is 4.31 Å². The van der Waals surface area contributed by atoms with Crippen LogP contribution in [0.3, 0.4) is 0 Å². The Morgan fingerprint density at radius 1 is 1.03 bits per heavy atom. The minimum absolute atomic E-state index is 0.0447. The van der Waals surface area contributed by atoms with Gasteiger partial charge in [-0.25, -0.2) is 16.8 Å². The van der Waals surface area contributed by atoms with Crippen LogP contribution in [0.25, 0.3) is 0 Å². The van der Waals surface area contributed by atoms with Gasteiger partial charge in [-0.05, 0) is 74.6 Å². The van der Waals surface area contributed by atoms with Crippen LogP contribution in [0.2, 0.25) is 0 Å². The van der Waals surface area contributed by atoms with Gasteiger partial charge in [-0.1, -0.05) is 6.07 Å². The predicted molar refractivity (Wildman–Crippen MR) is 137 cm³/mol. The van der Waals surface area contributed by atoms with Crippen LogP contribution in [0.5, 0.6) is 5.75 Å². The summed E-state index contributed by atoms with van der Waals surface area (Å²) in [6.07, 6.45) is 3.11. The lowest BCUT2D eigenvalue weighted by molar-refractivity contribution is -0.116. The van der Waals surface area contributed by atoms with E-state index >= 15 is 0 Å². The highest BCUT2D eigenvalue weighted by Crippen LogP contribution is 2.30. The van der Waals surface area contributed by atoms with Crippen molar-refractivity contribution < 1.29 is 26.4 Å². The minimum Gasteiger partial charge on any atom is -0.495 e. The van der Waals surface area contributed by atoms with Gasteiger partial charge < -0.3 is 10.1 Å². The van der Waals surface area contributed by atoms with Crippen LogP contribution in [-0.2, 0) is 24.8 Å². The average Bonchev–Trinajstić information content (AvgIpc) is 3.31. The normalized spacial score (nSPS) is 14.6. The first-order chi connectivity index (χ1) is 16.4. The minimum atomic E-state index is -3.65. The summed E-state index contributed by atoms with van der Waals surface area (Å²) in [5.74, 6) is -0.0281. The van der Waals surface area contributed by atoms with Crippen molar-refractivity contribution in [3.63, 3.8) is 0 Å². The Hall–Kier alpha value is -2.63. The van der Waals surface area contributed by atoms with Gasteiger partial charge in [-0.3, -0.25) is 9.10 Å². The standard InChI is InChI=1S/C24H33N3O6S2/c1-18-14-19(2)16-20(15-18)27(34(4,29)30)13-7-8-24(28)25-22-17-21(9-10-23(22)33-3)35(31,32)26-11-5-6-12-26/h9-10,14-17H,5-8,11-13H2,1-4H3,(H,25,28). The fourth-order valence-corrected chi connectivity index (χ4v) is 6.69. The number of carbonyl (C=O) groups excluding carboxylic acids is 1. The maximum absolute atomic E-state index is 12.9. The van der Waals surface area contributed by atoms with Gasteiger partial charge in [0.25, 0.3) is 0 Å². The maximum Gasteiger partial charge on any atom is 0.243 e. The molecule has 0 bridgehead atoms. The molecule has 1 N–H and O–H groups in total. The molecule has 0 aliphatic carbocycles. The molecule has 0 radical (unpaired) electrons. The number of amides is 1. The molecule has 1 fully saturated rings. The fourth-order valence-electron chi connectivity index (χ4n) is 4.20. The molecule has 1 aliphatic rings. The molecule has 35 heavy (non-hydrogen) atoms. The van der Waals surface area contributed by atoms with Crippen molar-refractivity contribution in [3.8, 4) is 5.75 Å². The number of methoxy groups -OCH3 is 1. The Morgan fingerprint density at radius 2 is 1.66 bits per heavy atom. The lowest BCUT2D eigenvalue weighted by atomic mass is 10.1. The molecule has 2 aromatic rings. The van der Waals surface area contributed by atoms with Crippen LogP contribution in [0.1, 0.15) is 36.8 Å². The molecule has 192 valence electrons. The number of sulfonamides is 2. The second-order valence-electron chi connectivity index (χ2n) is 8.81. The van der Waals surface area contributed by atoms with Gasteiger partial charge in [0, 0.05) is 26.1 Å². The molecular weight excluding hydrogens is 490 g/mol. The number of hydrogen-bond acceptors (Lipinski definition) is 6. The van der Waals surface area contributed by atoms with Crippen molar-refractivity contribution in [3.05, 3.63) is 47.5 Å². The zero-order valence-electron chi connectivity index (χ0n) is 20.6. The van der Waals surface area contributed by atoms with E-state index in [1.165, 1.54) is 33.9 Å². The van der Waals surface area contributed by atoms with E-state index in [2.05, 4.69) is 5.32 Å². The van der Waals surface area contributed by atoms with E-state index in [1.54, 1.807) is 12.1 Å². The molecule has 1 amide bonds. The summed E-state index contributed by atoms with van der Waals surface area (Å²) in [5.41, 5.74) is 2.71. The molecule has 11 heteroatoms. The Kier molecular flexibility index (Phi) is 8.45. The van der Waals surface area contributed by atoms with E-state index in [0.29, 0.717) is 24.5 Å². The smallest absolute Gasteiger partial charge is 0.243 e. The number of anilines is 2. The summed E-state index contributed by atoms with van der Waals surface area (Å²) in [4.78, 5) is 12.8. The van der Waals surface area contributed by atoms with Crippen molar-refractivity contribution in [2.45, 2.75) is 44.4 Å². The van der Waals surface area contributed by atoms with E-state index in [4.69, 9.17) is 4.74 Å². The highest BCUT2D eigenvalue weighted by molar-refractivity contribution is 7.92. The van der Waals surface area contributed by atoms with Gasteiger partial charge in [0.2, 0.25) is 26.0 Å². The molecule has 9 nitrogen and oxygen atoms in total. The number of benzene rings is 2. The first-order valence-corrected chi connectivity index (χ1v) is 14.7. The molecule has 0 aromatic heterocycles. The average molecular weight is 524 g/mol. The molecule has 0 unspecified atom stereocenters. The van der Waals surface area contributed by atoms with Gasteiger partial charge in [0.15, 0.2) is 0 Å². The van der Waals surface area contributed by atoms with Crippen LogP contribution in [0.4, 0.5) is 11.4 Å². The third kappa shape index (κ3) is 6.74. The topological polar surface area (TPSA) is 113 Å². The quantitative estimate of drug-likeness (QED) is 0.511. The maximum atomic E-state index is 12.9. The first-order valence-electron chi connectivity index (χ1n) is 11.5. The van der Waals surface area contributed by atoms with Crippen molar-refractivity contribution in [1.29, 1.82) is 0 Å². The number of aryl methyl sites for hydroxylation is 2. The molecule has 1 saturated heterocycles. The lowest BCUT2D eigenvalue weighted by Gasteiger charge is -2.23. The van der Waals surface area contributed by atoms with Crippen LogP contribution in [0.15, 0.2) is 41.3 Å². The van der Waals surface area contributed by atoms with E-state index in [-0.39, 0.29) is 35.9 Å². The number of rotatable bonds is 10. The van der Waals surface area contributed by atoms with Gasteiger partial charge in [0.1, 0.15) is 5.75 Å². The first kappa shape index (κ1) is 27.0. The number of carbonyl (C=O) groups is 1.